The van der Waals surface area contributed by atoms with Gasteiger partial charge in [0, 0.05) is 12.1 Å². The Balaban J connectivity index is 1.96. The monoisotopic (exact) mass is 298 g/mol. The number of nitrogens with one attached hydrogen (secondary N) is 1. The average molecular weight is 298 g/mol. The van der Waals surface area contributed by atoms with Crippen LogP contribution in [0, 0.1) is 17.6 Å². The summed E-state index contributed by atoms with van der Waals surface area (Å²) in [6.45, 7) is 2.17. The Bertz CT molecular complexity index is 565. The molecular formula is C14H16F2N2O3. The second kappa shape index (κ2) is 6.17. The standard InChI is InChI=1S/C14H16F2N2O3/c1-8-10(14(20)21)4-5-18(8)7-13(19)17-12-6-9(15)2-3-11(12)16/h2-3,6,8,10H,4-5,7H2,1H3,(H,17,19)(H,20,21). The van der Waals surface area contributed by atoms with Gasteiger partial charge in [0.2, 0.25) is 5.91 Å². The number of hydrogen-bond donors (Lipinski definition) is 2. The third kappa shape index (κ3) is 3.55. The highest BCUT2D eigenvalue weighted by molar-refractivity contribution is 5.92. The number of amides is 1. The first-order chi connectivity index (χ1) is 9.88. The van der Waals surface area contributed by atoms with Crippen molar-refractivity contribution in [3.8, 4) is 0 Å². The molecule has 1 fully saturated rings. The minimum Gasteiger partial charge on any atom is -0.481 e. The van der Waals surface area contributed by atoms with Crippen LogP contribution in [0.4, 0.5) is 14.5 Å². The molecule has 2 N–H and O–H groups in total. The number of likely N-dealkylation sites (tertiary alicyclic amines) is 1. The summed E-state index contributed by atoms with van der Waals surface area (Å²) in [5.74, 6) is -3.27. The van der Waals surface area contributed by atoms with Crippen molar-refractivity contribution in [3.63, 3.8) is 0 Å². The molecule has 5 nitrogen and oxygen atoms in total. The highest BCUT2D eigenvalue weighted by atomic mass is 19.1. The lowest BCUT2D eigenvalue weighted by Crippen LogP contribution is -2.38. The molecule has 0 aromatic heterocycles. The Kier molecular flexibility index (Phi) is 4.52. The Morgan fingerprint density at radius 1 is 1.43 bits per heavy atom. The molecule has 0 aliphatic carbocycles. The topological polar surface area (TPSA) is 69.6 Å². The van der Waals surface area contributed by atoms with Crippen molar-refractivity contribution in [2.45, 2.75) is 19.4 Å². The number of rotatable bonds is 4. The van der Waals surface area contributed by atoms with Crippen molar-refractivity contribution in [1.82, 2.24) is 4.90 Å². The van der Waals surface area contributed by atoms with Crippen molar-refractivity contribution in [1.29, 1.82) is 0 Å². The number of halogens is 2. The first-order valence-corrected chi connectivity index (χ1v) is 6.60. The third-order valence-corrected chi connectivity index (χ3v) is 3.75. The van der Waals surface area contributed by atoms with E-state index in [1.807, 2.05) is 0 Å². The van der Waals surface area contributed by atoms with Crippen LogP contribution in [0.15, 0.2) is 18.2 Å². The van der Waals surface area contributed by atoms with E-state index in [0.717, 1.165) is 18.2 Å². The van der Waals surface area contributed by atoms with Crippen LogP contribution in [0.1, 0.15) is 13.3 Å². The molecule has 1 aromatic rings. The zero-order chi connectivity index (χ0) is 15.6. The van der Waals surface area contributed by atoms with Crippen molar-refractivity contribution in [2.75, 3.05) is 18.4 Å². The molecule has 1 aliphatic heterocycles. The van der Waals surface area contributed by atoms with E-state index in [-0.39, 0.29) is 18.3 Å². The summed E-state index contributed by atoms with van der Waals surface area (Å²) < 4.78 is 26.4. The number of aliphatic carboxylic acids is 1. The fraction of sp³-hybridized carbons (Fsp3) is 0.429. The molecule has 21 heavy (non-hydrogen) atoms. The summed E-state index contributed by atoms with van der Waals surface area (Å²) in [6, 6.07) is 2.53. The molecule has 1 aliphatic rings. The summed E-state index contributed by atoms with van der Waals surface area (Å²) >= 11 is 0. The van der Waals surface area contributed by atoms with Crippen LogP contribution in [0.5, 0.6) is 0 Å². The summed E-state index contributed by atoms with van der Waals surface area (Å²) in [5, 5.41) is 11.3. The molecule has 0 saturated carbocycles. The fourth-order valence-electron chi connectivity index (χ4n) is 2.52. The molecule has 1 amide bonds. The van der Waals surface area contributed by atoms with Crippen LogP contribution in [0.2, 0.25) is 0 Å². The van der Waals surface area contributed by atoms with Crippen molar-refractivity contribution in [3.05, 3.63) is 29.8 Å². The van der Waals surface area contributed by atoms with E-state index in [2.05, 4.69) is 5.32 Å². The van der Waals surface area contributed by atoms with E-state index in [0.29, 0.717) is 13.0 Å². The molecule has 2 atom stereocenters. The lowest BCUT2D eigenvalue weighted by molar-refractivity contribution is -0.142. The van der Waals surface area contributed by atoms with Crippen LogP contribution in [0.25, 0.3) is 0 Å². The van der Waals surface area contributed by atoms with Gasteiger partial charge in [0.05, 0.1) is 18.2 Å². The molecule has 0 spiro atoms. The minimum atomic E-state index is -0.887. The SMILES string of the molecule is CC1C(C(=O)O)CCN1CC(=O)Nc1cc(F)ccc1F. The second-order valence-electron chi connectivity index (χ2n) is 5.12. The van der Waals surface area contributed by atoms with Crippen molar-refractivity contribution >= 4 is 17.6 Å². The van der Waals surface area contributed by atoms with Gasteiger partial charge in [-0.2, -0.15) is 0 Å². The van der Waals surface area contributed by atoms with Crippen LogP contribution in [-0.4, -0.2) is 41.0 Å². The number of benzene rings is 1. The van der Waals surface area contributed by atoms with Crippen LogP contribution in [0.3, 0.4) is 0 Å². The first kappa shape index (κ1) is 15.4. The van der Waals surface area contributed by atoms with Crippen LogP contribution in [-0.2, 0) is 9.59 Å². The number of carbonyl (C=O) groups excluding carboxylic acids is 1. The van der Waals surface area contributed by atoms with Gasteiger partial charge in [0.15, 0.2) is 0 Å². The third-order valence-electron chi connectivity index (χ3n) is 3.75. The smallest absolute Gasteiger partial charge is 0.308 e. The van der Waals surface area contributed by atoms with Gasteiger partial charge in [-0.25, -0.2) is 8.78 Å². The normalized spacial score (nSPS) is 22.2. The molecule has 7 heteroatoms. The molecule has 0 radical (unpaired) electrons. The minimum absolute atomic E-state index is 0.0547. The zero-order valence-electron chi connectivity index (χ0n) is 11.5. The number of carboxylic acid groups (broad SMARTS) is 1. The van der Waals surface area contributed by atoms with Crippen LogP contribution < -0.4 is 5.32 Å². The summed E-state index contributed by atoms with van der Waals surface area (Å²) in [4.78, 5) is 24.6. The summed E-state index contributed by atoms with van der Waals surface area (Å²) in [6.07, 6.45) is 0.470. The molecular weight excluding hydrogens is 282 g/mol. The number of anilines is 1. The maximum absolute atomic E-state index is 13.4. The second-order valence-corrected chi connectivity index (χ2v) is 5.12. The van der Waals surface area contributed by atoms with Gasteiger partial charge in [-0.15, -0.1) is 0 Å². The molecule has 1 saturated heterocycles. The number of hydrogen-bond acceptors (Lipinski definition) is 3. The van der Waals surface area contributed by atoms with Gasteiger partial charge in [0.25, 0.3) is 0 Å². The molecule has 114 valence electrons. The number of carbonyl (C=O) groups is 2. The molecule has 1 heterocycles. The molecule has 2 unspecified atom stereocenters. The highest BCUT2D eigenvalue weighted by Crippen LogP contribution is 2.24. The van der Waals surface area contributed by atoms with Gasteiger partial charge in [-0.1, -0.05) is 0 Å². The van der Waals surface area contributed by atoms with E-state index < -0.39 is 29.4 Å². The Hall–Kier alpha value is -2.02. The van der Waals surface area contributed by atoms with E-state index in [4.69, 9.17) is 5.11 Å². The lowest BCUT2D eigenvalue weighted by Gasteiger charge is -2.22. The van der Waals surface area contributed by atoms with Gasteiger partial charge in [-0.3, -0.25) is 14.5 Å². The lowest BCUT2D eigenvalue weighted by atomic mass is 10.0. The Morgan fingerprint density at radius 2 is 2.14 bits per heavy atom. The van der Waals surface area contributed by atoms with E-state index in [9.17, 15) is 18.4 Å². The quantitative estimate of drug-likeness (QED) is 0.887. The molecule has 0 bridgehead atoms. The molecule has 2 rings (SSSR count). The maximum Gasteiger partial charge on any atom is 0.308 e. The van der Waals surface area contributed by atoms with Crippen molar-refractivity contribution < 1.29 is 23.5 Å². The van der Waals surface area contributed by atoms with E-state index >= 15 is 0 Å². The predicted molar refractivity (Wildman–Crippen MR) is 71.8 cm³/mol. The predicted octanol–water partition coefficient (Wildman–Crippen LogP) is 1.70. The van der Waals surface area contributed by atoms with Crippen LogP contribution >= 0.6 is 0 Å². The average Bonchev–Trinajstić information content (AvgIpc) is 2.75. The van der Waals surface area contributed by atoms with Crippen molar-refractivity contribution in [2.24, 2.45) is 5.92 Å². The van der Waals surface area contributed by atoms with Gasteiger partial charge in [0.1, 0.15) is 11.6 Å². The van der Waals surface area contributed by atoms with E-state index in [1.165, 1.54) is 0 Å². The number of carboxylic acids is 1. The summed E-state index contributed by atoms with van der Waals surface area (Å²) in [7, 11) is 0. The van der Waals surface area contributed by atoms with Gasteiger partial charge in [-0.05, 0) is 32.0 Å². The van der Waals surface area contributed by atoms with Gasteiger partial charge >= 0.3 is 5.97 Å². The highest BCUT2D eigenvalue weighted by Gasteiger charge is 2.36. The largest absolute Gasteiger partial charge is 0.481 e. The zero-order valence-corrected chi connectivity index (χ0v) is 11.5. The summed E-state index contributed by atoms with van der Waals surface area (Å²) in [5.41, 5.74) is -0.221. The number of nitrogens with zero attached hydrogens (tertiary/aromatic N) is 1. The fourth-order valence-corrected chi connectivity index (χ4v) is 2.52. The Morgan fingerprint density at radius 3 is 2.76 bits per heavy atom. The maximum atomic E-state index is 13.4. The first-order valence-electron chi connectivity index (χ1n) is 6.60. The Labute approximate surface area is 120 Å². The van der Waals surface area contributed by atoms with Gasteiger partial charge < -0.3 is 10.4 Å². The molecule has 1 aromatic carbocycles. The van der Waals surface area contributed by atoms with E-state index in [1.54, 1.807) is 11.8 Å².